The van der Waals surface area contributed by atoms with Gasteiger partial charge in [-0.2, -0.15) is 0 Å². The van der Waals surface area contributed by atoms with Crippen LogP contribution in [0.2, 0.25) is 0 Å². The van der Waals surface area contributed by atoms with Crippen LogP contribution in [-0.4, -0.2) is 39.0 Å². The molecule has 0 bridgehead atoms. The number of rotatable bonds is 7. The van der Waals surface area contributed by atoms with Gasteiger partial charge in [-0.05, 0) is 49.7 Å². The molecular formula is C26H23N3O5. The minimum atomic E-state index is -1.10. The SMILES string of the molecule is CCC(OC(=O)c1ccc2nc(-c3ccc(C)cc3)[nH]c2c1)C(=O)Nc1cccc(C(=O)O)c1. The number of amides is 1. The maximum atomic E-state index is 12.8. The summed E-state index contributed by atoms with van der Waals surface area (Å²) < 4.78 is 5.45. The number of hydrogen-bond donors (Lipinski definition) is 3. The third-order valence-electron chi connectivity index (χ3n) is 5.33. The van der Waals surface area contributed by atoms with E-state index < -0.39 is 23.9 Å². The molecule has 0 aliphatic heterocycles. The topological polar surface area (TPSA) is 121 Å². The van der Waals surface area contributed by atoms with Crippen LogP contribution in [0, 0.1) is 6.92 Å². The van der Waals surface area contributed by atoms with E-state index in [1.54, 1.807) is 31.2 Å². The molecule has 3 N–H and O–H groups in total. The summed E-state index contributed by atoms with van der Waals surface area (Å²) in [4.78, 5) is 44.3. The Balaban J connectivity index is 1.48. The lowest BCUT2D eigenvalue weighted by molar-refractivity contribution is -0.124. The van der Waals surface area contributed by atoms with Crippen LogP contribution in [0.1, 0.15) is 39.6 Å². The van der Waals surface area contributed by atoms with Crippen LogP contribution in [0.3, 0.4) is 0 Å². The highest BCUT2D eigenvalue weighted by atomic mass is 16.5. The number of hydrogen-bond acceptors (Lipinski definition) is 5. The number of aromatic amines is 1. The number of nitrogens with one attached hydrogen (secondary N) is 2. The lowest BCUT2D eigenvalue weighted by Crippen LogP contribution is -2.32. The summed E-state index contributed by atoms with van der Waals surface area (Å²) in [5.41, 5.74) is 4.09. The Bertz CT molecular complexity index is 1370. The number of carbonyl (C=O) groups excluding carboxylic acids is 2. The molecule has 0 saturated heterocycles. The highest BCUT2D eigenvalue weighted by molar-refractivity contribution is 5.99. The van der Waals surface area contributed by atoms with Crippen molar-refractivity contribution in [3.8, 4) is 11.4 Å². The Morgan fingerprint density at radius 1 is 1.03 bits per heavy atom. The summed E-state index contributed by atoms with van der Waals surface area (Å²) >= 11 is 0. The number of H-pyrrole nitrogens is 1. The molecule has 1 amide bonds. The summed E-state index contributed by atoms with van der Waals surface area (Å²) in [5, 5.41) is 11.7. The zero-order valence-corrected chi connectivity index (χ0v) is 18.7. The molecule has 8 heteroatoms. The molecule has 1 aromatic heterocycles. The maximum absolute atomic E-state index is 12.8. The quantitative estimate of drug-likeness (QED) is 0.343. The smallest absolute Gasteiger partial charge is 0.338 e. The van der Waals surface area contributed by atoms with E-state index in [9.17, 15) is 14.4 Å². The predicted molar refractivity (Wildman–Crippen MR) is 128 cm³/mol. The van der Waals surface area contributed by atoms with E-state index in [1.165, 1.54) is 18.2 Å². The standard InChI is InChI=1S/C26H23N3O5/c1-3-22(24(30)27-19-6-4-5-17(13-19)25(31)32)34-26(33)18-11-12-20-21(14-18)29-23(28-20)16-9-7-15(2)8-10-16/h4-14,22H,3H2,1-2H3,(H,27,30)(H,28,29)(H,31,32). The van der Waals surface area contributed by atoms with Crippen molar-refractivity contribution >= 4 is 34.6 Å². The molecule has 0 fully saturated rings. The first-order valence-corrected chi connectivity index (χ1v) is 10.8. The number of esters is 1. The average Bonchev–Trinajstić information content (AvgIpc) is 3.26. The van der Waals surface area contributed by atoms with Crippen molar-refractivity contribution in [3.63, 3.8) is 0 Å². The van der Waals surface area contributed by atoms with Crippen LogP contribution in [0.5, 0.6) is 0 Å². The molecule has 0 spiro atoms. The zero-order chi connectivity index (χ0) is 24.2. The molecule has 8 nitrogen and oxygen atoms in total. The molecule has 3 aromatic carbocycles. The lowest BCUT2D eigenvalue weighted by Gasteiger charge is -2.16. The molecule has 0 saturated carbocycles. The van der Waals surface area contributed by atoms with Crippen molar-refractivity contribution in [2.75, 3.05) is 5.32 Å². The molecule has 1 unspecified atom stereocenters. The lowest BCUT2D eigenvalue weighted by atomic mass is 10.1. The maximum Gasteiger partial charge on any atom is 0.338 e. The molecule has 4 aromatic rings. The number of carboxylic acids is 1. The minimum Gasteiger partial charge on any atom is -0.478 e. The second-order valence-electron chi connectivity index (χ2n) is 7.86. The van der Waals surface area contributed by atoms with Crippen molar-refractivity contribution in [1.82, 2.24) is 9.97 Å². The Morgan fingerprint density at radius 2 is 1.79 bits per heavy atom. The Morgan fingerprint density at radius 3 is 2.50 bits per heavy atom. The largest absolute Gasteiger partial charge is 0.478 e. The van der Waals surface area contributed by atoms with Gasteiger partial charge in [-0.1, -0.05) is 42.8 Å². The van der Waals surface area contributed by atoms with Gasteiger partial charge in [0.25, 0.3) is 5.91 Å². The second-order valence-corrected chi connectivity index (χ2v) is 7.86. The fourth-order valence-electron chi connectivity index (χ4n) is 3.46. The van der Waals surface area contributed by atoms with Gasteiger partial charge < -0.3 is 20.1 Å². The number of aromatic carboxylic acids is 1. The highest BCUT2D eigenvalue weighted by Crippen LogP contribution is 2.22. The van der Waals surface area contributed by atoms with Crippen molar-refractivity contribution < 1.29 is 24.2 Å². The van der Waals surface area contributed by atoms with E-state index in [-0.39, 0.29) is 17.5 Å². The van der Waals surface area contributed by atoms with Gasteiger partial charge in [0.1, 0.15) is 5.82 Å². The number of fused-ring (bicyclic) bond motifs is 1. The van der Waals surface area contributed by atoms with Gasteiger partial charge in [-0.25, -0.2) is 14.6 Å². The van der Waals surface area contributed by atoms with Crippen molar-refractivity contribution in [2.45, 2.75) is 26.4 Å². The van der Waals surface area contributed by atoms with Crippen LogP contribution >= 0.6 is 0 Å². The van der Waals surface area contributed by atoms with E-state index in [4.69, 9.17) is 9.84 Å². The van der Waals surface area contributed by atoms with Crippen molar-refractivity contribution in [2.24, 2.45) is 0 Å². The Kier molecular flexibility index (Phi) is 6.40. The first-order valence-electron chi connectivity index (χ1n) is 10.8. The first kappa shape index (κ1) is 22.7. The van der Waals surface area contributed by atoms with Crippen molar-refractivity contribution in [3.05, 3.63) is 83.4 Å². The van der Waals surface area contributed by atoms with Crippen LogP contribution < -0.4 is 5.32 Å². The monoisotopic (exact) mass is 457 g/mol. The average molecular weight is 457 g/mol. The third-order valence-corrected chi connectivity index (χ3v) is 5.33. The molecular weight excluding hydrogens is 434 g/mol. The number of nitrogens with zero attached hydrogens (tertiary/aromatic N) is 1. The fourth-order valence-corrected chi connectivity index (χ4v) is 3.46. The number of ether oxygens (including phenoxy) is 1. The normalized spacial score (nSPS) is 11.7. The fraction of sp³-hybridized carbons (Fsp3) is 0.154. The first-order chi connectivity index (χ1) is 16.3. The molecule has 0 radical (unpaired) electrons. The molecule has 1 heterocycles. The number of carbonyl (C=O) groups is 3. The van der Waals surface area contributed by atoms with Crippen LogP contribution in [0.4, 0.5) is 5.69 Å². The number of carboxylic acid groups (broad SMARTS) is 1. The van der Waals surface area contributed by atoms with Gasteiger partial charge in [0.2, 0.25) is 0 Å². The third kappa shape index (κ3) is 4.96. The second kappa shape index (κ2) is 9.58. The number of aromatic nitrogens is 2. The summed E-state index contributed by atoms with van der Waals surface area (Å²) in [7, 11) is 0. The van der Waals surface area contributed by atoms with Crippen LogP contribution in [0.15, 0.2) is 66.7 Å². The Labute approximate surface area is 195 Å². The van der Waals surface area contributed by atoms with Crippen LogP contribution in [-0.2, 0) is 9.53 Å². The summed E-state index contributed by atoms with van der Waals surface area (Å²) in [6.07, 6.45) is -0.790. The van der Waals surface area contributed by atoms with Gasteiger partial charge in [-0.3, -0.25) is 4.79 Å². The van der Waals surface area contributed by atoms with Crippen LogP contribution in [0.25, 0.3) is 22.4 Å². The van der Waals surface area contributed by atoms with Gasteiger partial charge >= 0.3 is 11.9 Å². The number of anilines is 1. The number of benzene rings is 3. The van der Waals surface area contributed by atoms with Gasteiger partial charge in [0.15, 0.2) is 6.10 Å². The van der Waals surface area contributed by atoms with E-state index in [0.29, 0.717) is 22.5 Å². The number of aryl methyl sites for hydroxylation is 1. The summed E-state index contributed by atoms with van der Waals surface area (Å²) in [5.74, 6) is -1.60. The van der Waals surface area contributed by atoms with Crippen molar-refractivity contribution in [1.29, 1.82) is 0 Å². The molecule has 4 rings (SSSR count). The molecule has 172 valence electrons. The molecule has 34 heavy (non-hydrogen) atoms. The van der Waals surface area contributed by atoms with E-state index >= 15 is 0 Å². The molecule has 0 aliphatic carbocycles. The zero-order valence-electron chi connectivity index (χ0n) is 18.7. The predicted octanol–water partition coefficient (Wildman–Crippen LogP) is 4.81. The van der Waals surface area contributed by atoms with E-state index in [1.807, 2.05) is 31.2 Å². The minimum absolute atomic E-state index is 0.0423. The van der Waals surface area contributed by atoms with Gasteiger partial charge in [0, 0.05) is 11.3 Å². The van der Waals surface area contributed by atoms with E-state index in [0.717, 1.165) is 11.1 Å². The van der Waals surface area contributed by atoms with Gasteiger partial charge in [0.05, 0.1) is 22.2 Å². The van der Waals surface area contributed by atoms with E-state index in [2.05, 4.69) is 15.3 Å². The summed E-state index contributed by atoms with van der Waals surface area (Å²) in [6, 6.07) is 18.8. The molecule has 0 aliphatic rings. The Hall–Kier alpha value is -4.46. The summed E-state index contributed by atoms with van der Waals surface area (Å²) in [6.45, 7) is 3.73. The molecule has 1 atom stereocenters. The highest BCUT2D eigenvalue weighted by Gasteiger charge is 2.23. The number of imidazole rings is 1. The van der Waals surface area contributed by atoms with Gasteiger partial charge in [-0.15, -0.1) is 0 Å².